The van der Waals surface area contributed by atoms with Gasteiger partial charge in [-0.15, -0.1) is 0 Å². The quantitative estimate of drug-likeness (QED) is 0.486. The number of nitrogens with one attached hydrogen (secondary N) is 1. The lowest BCUT2D eigenvalue weighted by Gasteiger charge is -2.21. The number of anilines is 1. The fraction of sp³-hybridized carbons (Fsp3) is 0.455. The minimum atomic E-state index is 0.115. The van der Waals surface area contributed by atoms with Crippen molar-refractivity contribution in [2.75, 3.05) is 19.5 Å². The van der Waals surface area contributed by atoms with Crippen LogP contribution in [0.2, 0.25) is 0 Å². The van der Waals surface area contributed by atoms with Crippen LogP contribution in [-0.4, -0.2) is 26.4 Å². The molecule has 0 aliphatic heterocycles. The van der Waals surface area contributed by atoms with Crippen LogP contribution in [0.3, 0.4) is 0 Å². The lowest BCUT2D eigenvalue weighted by Crippen LogP contribution is -2.14. The summed E-state index contributed by atoms with van der Waals surface area (Å²) in [4.78, 5) is 0. The Morgan fingerprint density at radius 3 is 2.22 bits per heavy atom. The molecule has 1 N–H and O–H groups in total. The van der Waals surface area contributed by atoms with Crippen LogP contribution in [0.4, 0.5) is 5.69 Å². The van der Waals surface area contributed by atoms with Gasteiger partial charge in [0.15, 0.2) is 0 Å². The average Bonchev–Trinajstić information content (AvgIpc) is 2.65. The Hall–Kier alpha value is -1.88. The zero-order valence-corrected chi connectivity index (χ0v) is 18.6. The minimum absolute atomic E-state index is 0.115. The van der Waals surface area contributed by atoms with Gasteiger partial charge in [-0.05, 0) is 51.0 Å². The van der Waals surface area contributed by atoms with Gasteiger partial charge in [-0.1, -0.05) is 29.8 Å². The Morgan fingerprint density at radius 2 is 1.67 bits per heavy atom. The van der Waals surface area contributed by atoms with Crippen LogP contribution in [0.15, 0.2) is 34.8 Å². The van der Waals surface area contributed by atoms with Gasteiger partial charge in [-0.25, -0.2) is 0 Å². The van der Waals surface area contributed by atoms with E-state index in [0.29, 0.717) is 0 Å². The highest BCUT2D eigenvalue weighted by molar-refractivity contribution is 9.10. The van der Waals surface area contributed by atoms with E-state index in [9.17, 15) is 0 Å². The van der Waals surface area contributed by atoms with Crippen molar-refractivity contribution < 1.29 is 14.2 Å². The first-order valence-corrected chi connectivity index (χ1v) is 10.3. The zero-order chi connectivity index (χ0) is 20.0. The predicted octanol–water partition coefficient (Wildman–Crippen LogP) is 6.52. The van der Waals surface area contributed by atoms with Gasteiger partial charge in [-0.3, -0.25) is 0 Å². The van der Waals surface area contributed by atoms with Crippen molar-refractivity contribution in [3.8, 4) is 28.4 Å². The molecule has 0 unspecified atom stereocenters. The lowest BCUT2D eigenvalue weighted by atomic mass is 10.0. The van der Waals surface area contributed by atoms with Crippen molar-refractivity contribution in [3.63, 3.8) is 0 Å². The predicted molar refractivity (Wildman–Crippen MR) is 116 cm³/mol. The molecule has 0 saturated carbocycles. The van der Waals surface area contributed by atoms with E-state index >= 15 is 0 Å². The van der Waals surface area contributed by atoms with Crippen molar-refractivity contribution in [2.45, 2.75) is 52.7 Å². The molecule has 0 atom stereocenters. The summed E-state index contributed by atoms with van der Waals surface area (Å²) in [5.74, 6) is 2.41. The van der Waals surface area contributed by atoms with Gasteiger partial charge < -0.3 is 19.5 Å². The standard InChI is InChI=1S/C22H30BrNO3/c1-7-15(8-2)27-22-13-19(23)18(12-20(22)24-5)17-10-9-16(26-14(3)4)11-21(17)25-6/h9-15,24H,7-8H2,1-6H3. The maximum atomic E-state index is 6.18. The van der Waals surface area contributed by atoms with E-state index in [0.717, 1.165) is 51.4 Å². The van der Waals surface area contributed by atoms with Gasteiger partial charge in [0.25, 0.3) is 0 Å². The molecule has 0 saturated heterocycles. The second-order valence-electron chi connectivity index (χ2n) is 6.66. The minimum Gasteiger partial charge on any atom is -0.496 e. The van der Waals surface area contributed by atoms with Crippen LogP contribution >= 0.6 is 15.9 Å². The molecule has 0 radical (unpaired) electrons. The lowest BCUT2D eigenvalue weighted by molar-refractivity contribution is 0.194. The second kappa shape index (κ2) is 9.88. The Balaban J connectivity index is 2.46. The van der Waals surface area contributed by atoms with Crippen LogP contribution < -0.4 is 19.5 Å². The molecule has 27 heavy (non-hydrogen) atoms. The van der Waals surface area contributed by atoms with Gasteiger partial charge >= 0.3 is 0 Å². The molecule has 0 spiro atoms. The molecule has 5 heteroatoms. The number of hydrogen-bond donors (Lipinski definition) is 1. The third-order valence-corrected chi connectivity index (χ3v) is 5.03. The highest BCUT2D eigenvalue weighted by Crippen LogP contribution is 2.42. The number of ether oxygens (including phenoxy) is 3. The van der Waals surface area contributed by atoms with E-state index in [2.05, 4.69) is 41.2 Å². The monoisotopic (exact) mass is 435 g/mol. The second-order valence-corrected chi connectivity index (χ2v) is 7.52. The molecule has 0 aromatic heterocycles. The summed E-state index contributed by atoms with van der Waals surface area (Å²) in [6.07, 6.45) is 2.27. The Kier molecular flexibility index (Phi) is 7.84. The number of halogens is 1. The molecule has 4 nitrogen and oxygen atoms in total. The average molecular weight is 436 g/mol. The maximum Gasteiger partial charge on any atom is 0.143 e. The number of rotatable bonds is 9. The highest BCUT2D eigenvalue weighted by atomic mass is 79.9. The molecule has 2 aromatic carbocycles. The number of hydrogen-bond acceptors (Lipinski definition) is 4. The van der Waals surface area contributed by atoms with E-state index in [1.807, 2.05) is 45.2 Å². The largest absolute Gasteiger partial charge is 0.496 e. The molecule has 0 aliphatic rings. The molecule has 2 rings (SSSR count). The summed E-state index contributed by atoms with van der Waals surface area (Å²) in [5.41, 5.74) is 2.97. The van der Waals surface area contributed by atoms with Crippen LogP contribution in [0.1, 0.15) is 40.5 Å². The van der Waals surface area contributed by atoms with E-state index < -0.39 is 0 Å². The van der Waals surface area contributed by atoms with Gasteiger partial charge in [0, 0.05) is 28.7 Å². The van der Waals surface area contributed by atoms with Crippen molar-refractivity contribution in [1.29, 1.82) is 0 Å². The van der Waals surface area contributed by atoms with Crippen LogP contribution in [0.5, 0.6) is 17.2 Å². The molecule has 2 aromatic rings. The molecular formula is C22H30BrNO3. The number of methoxy groups -OCH3 is 1. The van der Waals surface area contributed by atoms with E-state index in [4.69, 9.17) is 14.2 Å². The first kappa shape index (κ1) is 21.4. The summed E-state index contributed by atoms with van der Waals surface area (Å²) in [5, 5.41) is 3.25. The Bertz CT molecular complexity index is 757. The molecule has 0 fully saturated rings. The van der Waals surface area contributed by atoms with E-state index in [1.165, 1.54) is 0 Å². The summed E-state index contributed by atoms with van der Waals surface area (Å²) < 4.78 is 18.6. The fourth-order valence-electron chi connectivity index (χ4n) is 2.93. The molecule has 148 valence electrons. The summed E-state index contributed by atoms with van der Waals surface area (Å²) in [6, 6.07) is 10.0. The first-order chi connectivity index (χ1) is 12.9. The van der Waals surface area contributed by atoms with Crippen molar-refractivity contribution in [1.82, 2.24) is 0 Å². The van der Waals surface area contributed by atoms with Gasteiger partial charge in [-0.2, -0.15) is 0 Å². The summed E-state index contributed by atoms with van der Waals surface area (Å²) in [7, 11) is 3.58. The zero-order valence-electron chi connectivity index (χ0n) is 17.1. The van der Waals surface area contributed by atoms with Gasteiger partial charge in [0.1, 0.15) is 17.2 Å². The highest BCUT2D eigenvalue weighted by Gasteiger charge is 2.16. The Labute approximate surface area is 171 Å². The van der Waals surface area contributed by atoms with Crippen LogP contribution in [0, 0.1) is 0 Å². The first-order valence-electron chi connectivity index (χ1n) is 9.46. The normalized spacial score (nSPS) is 11.0. The van der Waals surface area contributed by atoms with E-state index in [1.54, 1.807) is 7.11 Å². The summed E-state index contributed by atoms with van der Waals surface area (Å²) in [6.45, 7) is 8.30. The van der Waals surface area contributed by atoms with Crippen LogP contribution in [0.25, 0.3) is 11.1 Å². The van der Waals surface area contributed by atoms with Crippen LogP contribution in [-0.2, 0) is 0 Å². The molecule has 0 bridgehead atoms. The molecule has 0 aliphatic carbocycles. The molecular weight excluding hydrogens is 406 g/mol. The Morgan fingerprint density at radius 1 is 0.963 bits per heavy atom. The topological polar surface area (TPSA) is 39.7 Å². The molecule has 0 amide bonds. The third kappa shape index (κ3) is 5.32. The third-order valence-electron chi connectivity index (χ3n) is 4.38. The van der Waals surface area contributed by atoms with Gasteiger partial charge in [0.05, 0.1) is 25.0 Å². The fourth-order valence-corrected chi connectivity index (χ4v) is 3.46. The summed E-state index contributed by atoms with van der Waals surface area (Å²) >= 11 is 3.71. The molecule has 0 heterocycles. The number of benzene rings is 2. The van der Waals surface area contributed by atoms with Crippen molar-refractivity contribution in [2.24, 2.45) is 0 Å². The van der Waals surface area contributed by atoms with Crippen molar-refractivity contribution in [3.05, 3.63) is 34.8 Å². The van der Waals surface area contributed by atoms with Crippen molar-refractivity contribution >= 4 is 21.6 Å². The smallest absolute Gasteiger partial charge is 0.143 e. The maximum absolute atomic E-state index is 6.18. The SMILES string of the molecule is CCC(CC)Oc1cc(Br)c(-c2ccc(OC(C)C)cc2OC)cc1NC. The van der Waals surface area contributed by atoms with E-state index in [-0.39, 0.29) is 12.2 Å². The van der Waals surface area contributed by atoms with Gasteiger partial charge in [0.2, 0.25) is 0 Å².